The summed E-state index contributed by atoms with van der Waals surface area (Å²) in [6.07, 6.45) is 0. The lowest BCUT2D eigenvalue weighted by atomic mass is 10.1. The van der Waals surface area contributed by atoms with Gasteiger partial charge in [-0.2, -0.15) is 0 Å². The number of nitrogens with one attached hydrogen (secondary N) is 1. The number of benzene rings is 1. The molecule has 2 rings (SSSR count). The number of H-pyrrole nitrogens is 1. The Morgan fingerprint density at radius 2 is 2.22 bits per heavy atom. The molecule has 0 aliphatic rings. The molecule has 0 aliphatic carbocycles. The number of aromatic amines is 1. The van der Waals surface area contributed by atoms with Crippen LogP contribution in [0.25, 0.3) is 0 Å². The zero-order valence-electron chi connectivity index (χ0n) is 9.41. The van der Waals surface area contributed by atoms with E-state index in [0.29, 0.717) is 17.0 Å². The van der Waals surface area contributed by atoms with Crippen LogP contribution in [0.5, 0.6) is 0 Å². The van der Waals surface area contributed by atoms with Gasteiger partial charge in [-0.15, -0.1) is 5.10 Å². The summed E-state index contributed by atoms with van der Waals surface area (Å²) in [5.41, 5.74) is -0.129. The fraction of sp³-hybridized carbons (Fsp3) is 0.182. The quantitative estimate of drug-likeness (QED) is 0.684. The minimum absolute atomic E-state index is 0.000153. The molecule has 1 heterocycles. The van der Waals surface area contributed by atoms with Gasteiger partial charge in [0.25, 0.3) is 0 Å². The van der Waals surface area contributed by atoms with E-state index in [1.165, 1.54) is 0 Å². The minimum atomic E-state index is -0.855. The van der Waals surface area contributed by atoms with E-state index in [2.05, 4.69) is 15.2 Å². The van der Waals surface area contributed by atoms with Crippen molar-refractivity contribution in [1.82, 2.24) is 15.2 Å². The second-order valence-corrected chi connectivity index (χ2v) is 4.48. The summed E-state index contributed by atoms with van der Waals surface area (Å²) >= 11 is 1.09. The van der Waals surface area contributed by atoms with Gasteiger partial charge < -0.3 is 0 Å². The molecule has 7 heteroatoms. The maximum atomic E-state index is 13.3. The number of aryl methyl sites for hydroxylation is 1. The number of thioether (sulfide) groups is 1. The SMILES string of the molecule is Cc1nc(SCC(=O)c2ccc(F)cc2F)n[nH]1. The average Bonchev–Trinajstić information content (AvgIpc) is 2.72. The summed E-state index contributed by atoms with van der Waals surface area (Å²) in [6.45, 7) is 1.73. The largest absolute Gasteiger partial charge is 0.293 e. The van der Waals surface area contributed by atoms with Crippen LogP contribution in [0.2, 0.25) is 0 Å². The summed E-state index contributed by atoms with van der Waals surface area (Å²) in [6, 6.07) is 2.88. The maximum absolute atomic E-state index is 13.3. The lowest BCUT2D eigenvalue weighted by Gasteiger charge is -2.01. The Kier molecular flexibility index (Phi) is 3.71. The molecule has 0 atom stereocenters. The van der Waals surface area contributed by atoms with Crippen molar-refractivity contribution >= 4 is 17.5 Å². The molecule has 0 fully saturated rings. The van der Waals surface area contributed by atoms with Crippen LogP contribution in [0, 0.1) is 18.6 Å². The van der Waals surface area contributed by atoms with Crippen molar-refractivity contribution in [2.45, 2.75) is 12.1 Å². The summed E-state index contributed by atoms with van der Waals surface area (Å²) in [7, 11) is 0. The van der Waals surface area contributed by atoms with Gasteiger partial charge in [-0.25, -0.2) is 13.8 Å². The molecule has 1 aromatic heterocycles. The van der Waals surface area contributed by atoms with Crippen molar-refractivity contribution < 1.29 is 13.6 Å². The van der Waals surface area contributed by atoms with E-state index in [4.69, 9.17) is 0 Å². The Labute approximate surface area is 106 Å². The summed E-state index contributed by atoms with van der Waals surface area (Å²) in [4.78, 5) is 15.7. The van der Waals surface area contributed by atoms with Gasteiger partial charge in [-0.05, 0) is 19.1 Å². The summed E-state index contributed by atoms with van der Waals surface area (Å²) < 4.78 is 26.0. The van der Waals surface area contributed by atoms with Gasteiger partial charge in [-0.3, -0.25) is 9.89 Å². The topological polar surface area (TPSA) is 58.6 Å². The van der Waals surface area contributed by atoms with Gasteiger partial charge in [0, 0.05) is 6.07 Å². The number of aromatic nitrogens is 3. The molecule has 0 radical (unpaired) electrons. The van der Waals surface area contributed by atoms with Crippen LogP contribution < -0.4 is 0 Å². The van der Waals surface area contributed by atoms with Gasteiger partial charge in [0.05, 0.1) is 11.3 Å². The second kappa shape index (κ2) is 5.26. The molecule has 0 unspecified atom stereocenters. The fourth-order valence-corrected chi connectivity index (χ4v) is 2.04. The molecular weight excluding hydrogens is 260 g/mol. The molecule has 0 aliphatic heterocycles. The third kappa shape index (κ3) is 2.92. The standard InChI is InChI=1S/C11H9F2N3OS/c1-6-14-11(16-15-6)18-5-10(17)8-3-2-7(12)4-9(8)13/h2-4H,5H2,1H3,(H,14,15,16). The Balaban J connectivity index is 2.03. The molecule has 4 nitrogen and oxygen atoms in total. The van der Waals surface area contributed by atoms with Crippen molar-refractivity contribution in [2.75, 3.05) is 5.75 Å². The average molecular weight is 269 g/mol. The molecular formula is C11H9F2N3OS. The monoisotopic (exact) mass is 269 g/mol. The first-order valence-corrected chi connectivity index (χ1v) is 6.05. The number of hydrogen-bond donors (Lipinski definition) is 1. The Morgan fingerprint density at radius 3 is 2.83 bits per heavy atom. The molecule has 2 aromatic rings. The first-order chi connectivity index (χ1) is 8.56. The molecule has 18 heavy (non-hydrogen) atoms. The van der Waals surface area contributed by atoms with Crippen LogP contribution in [0.15, 0.2) is 23.4 Å². The van der Waals surface area contributed by atoms with Gasteiger partial charge in [0.1, 0.15) is 17.5 Å². The smallest absolute Gasteiger partial charge is 0.208 e. The van der Waals surface area contributed by atoms with E-state index in [0.717, 1.165) is 23.9 Å². The third-order valence-electron chi connectivity index (χ3n) is 2.14. The molecule has 1 N–H and O–H groups in total. The first-order valence-electron chi connectivity index (χ1n) is 5.06. The minimum Gasteiger partial charge on any atom is -0.293 e. The van der Waals surface area contributed by atoms with E-state index in [9.17, 15) is 13.6 Å². The van der Waals surface area contributed by atoms with Crippen LogP contribution in [-0.2, 0) is 0 Å². The number of nitrogens with zero attached hydrogens (tertiary/aromatic N) is 2. The molecule has 0 amide bonds. The molecule has 94 valence electrons. The van der Waals surface area contributed by atoms with E-state index in [-0.39, 0.29) is 11.3 Å². The predicted octanol–water partition coefficient (Wildman–Crippen LogP) is 2.37. The Bertz CT molecular complexity index is 585. The predicted molar refractivity (Wildman–Crippen MR) is 62.5 cm³/mol. The van der Waals surface area contributed by atoms with Gasteiger partial charge in [0.2, 0.25) is 5.16 Å². The lowest BCUT2D eigenvalue weighted by molar-refractivity contribution is 0.101. The van der Waals surface area contributed by atoms with Crippen molar-refractivity contribution in [1.29, 1.82) is 0 Å². The number of carbonyl (C=O) groups excluding carboxylic acids is 1. The van der Waals surface area contributed by atoms with Crippen LogP contribution in [0.3, 0.4) is 0 Å². The van der Waals surface area contributed by atoms with Crippen LogP contribution in [-0.4, -0.2) is 26.7 Å². The van der Waals surface area contributed by atoms with Gasteiger partial charge >= 0.3 is 0 Å². The van der Waals surface area contributed by atoms with Gasteiger partial charge in [0.15, 0.2) is 5.78 Å². The van der Waals surface area contributed by atoms with Crippen molar-refractivity contribution in [3.05, 3.63) is 41.2 Å². The number of Topliss-reactive ketones (excluding diaryl/α,β-unsaturated/α-hetero) is 1. The van der Waals surface area contributed by atoms with E-state index >= 15 is 0 Å². The molecule has 0 saturated heterocycles. The lowest BCUT2D eigenvalue weighted by Crippen LogP contribution is -2.05. The highest BCUT2D eigenvalue weighted by molar-refractivity contribution is 7.99. The molecule has 0 saturated carbocycles. The summed E-state index contributed by atoms with van der Waals surface area (Å²) in [5.74, 6) is -1.36. The molecule has 0 spiro atoms. The Morgan fingerprint density at radius 1 is 1.44 bits per heavy atom. The second-order valence-electron chi connectivity index (χ2n) is 3.54. The summed E-state index contributed by atoms with van der Waals surface area (Å²) in [5, 5.41) is 6.89. The van der Waals surface area contributed by atoms with E-state index in [1.54, 1.807) is 6.92 Å². The van der Waals surface area contributed by atoms with Crippen LogP contribution >= 0.6 is 11.8 Å². The fourth-order valence-electron chi connectivity index (χ4n) is 1.31. The van der Waals surface area contributed by atoms with Crippen LogP contribution in [0.1, 0.15) is 16.2 Å². The number of hydrogen-bond acceptors (Lipinski definition) is 4. The van der Waals surface area contributed by atoms with E-state index in [1.807, 2.05) is 0 Å². The van der Waals surface area contributed by atoms with Crippen molar-refractivity contribution in [3.63, 3.8) is 0 Å². The van der Waals surface area contributed by atoms with Crippen molar-refractivity contribution in [2.24, 2.45) is 0 Å². The highest BCUT2D eigenvalue weighted by atomic mass is 32.2. The number of ketones is 1. The zero-order chi connectivity index (χ0) is 13.1. The molecule has 1 aromatic carbocycles. The zero-order valence-corrected chi connectivity index (χ0v) is 10.2. The normalized spacial score (nSPS) is 10.6. The highest BCUT2D eigenvalue weighted by Crippen LogP contribution is 2.17. The number of halogens is 2. The van der Waals surface area contributed by atoms with Gasteiger partial charge in [-0.1, -0.05) is 11.8 Å². The third-order valence-corrected chi connectivity index (χ3v) is 2.99. The van der Waals surface area contributed by atoms with Crippen molar-refractivity contribution in [3.8, 4) is 0 Å². The Hall–Kier alpha value is -1.76. The maximum Gasteiger partial charge on any atom is 0.208 e. The molecule has 0 bridgehead atoms. The van der Waals surface area contributed by atoms with Crippen LogP contribution in [0.4, 0.5) is 8.78 Å². The number of carbonyl (C=O) groups is 1. The number of rotatable bonds is 4. The first kappa shape index (κ1) is 12.7. The van der Waals surface area contributed by atoms with E-state index < -0.39 is 17.4 Å². The highest BCUT2D eigenvalue weighted by Gasteiger charge is 2.13.